The molecule has 0 atom stereocenters. The van der Waals surface area contributed by atoms with Crippen LogP contribution in [0.15, 0.2) is 41.3 Å². The van der Waals surface area contributed by atoms with Gasteiger partial charge in [-0.25, -0.2) is 0 Å². The Hall–Kier alpha value is -1.75. The summed E-state index contributed by atoms with van der Waals surface area (Å²) in [5.74, 6) is -0.199. The fourth-order valence-electron chi connectivity index (χ4n) is 1.35. The smallest absolute Gasteiger partial charge is 0.257 e. The van der Waals surface area contributed by atoms with Crippen molar-refractivity contribution in [2.45, 2.75) is 6.92 Å². The lowest BCUT2D eigenvalue weighted by Gasteiger charge is -2.07. The molecule has 86 valence electrons. The van der Waals surface area contributed by atoms with Gasteiger partial charge in [0.05, 0.1) is 16.9 Å². The molecule has 0 saturated carbocycles. The van der Waals surface area contributed by atoms with Crippen molar-refractivity contribution < 1.29 is 4.79 Å². The Morgan fingerprint density at radius 1 is 1.41 bits per heavy atom. The van der Waals surface area contributed by atoms with Gasteiger partial charge in [0.25, 0.3) is 5.91 Å². The third-order valence-corrected chi connectivity index (χ3v) is 2.66. The fraction of sp³-hybridized carbons (Fsp3) is 0.0833. The third-order valence-electron chi connectivity index (χ3n) is 2.22. The molecule has 0 aliphatic heterocycles. The quantitative estimate of drug-likeness (QED) is 0.926. The third kappa shape index (κ3) is 2.88. The van der Waals surface area contributed by atoms with Crippen molar-refractivity contribution in [1.29, 1.82) is 0 Å². The molecular weight excluding hydrogens is 282 g/mol. The summed E-state index contributed by atoms with van der Waals surface area (Å²) in [5.41, 5.74) is 1.99. The van der Waals surface area contributed by atoms with Crippen molar-refractivity contribution in [3.63, 3.8) is 0 Å². The Morgan fingerprint density at radius 3 is 2.94 bits per heavy atom. The lowest BCUT2D eigenvalue weighted by Crippen LogP contribution is -2.13. The normalized spacial score (nSPS) is 10.0. The fourth-order valence-corrected chi connectivity index (χ4v) is 1.71. The van der Waals surface area contributed by atoms with Crippen LogP contribution in [0.4, 0.5) is 5.69 Å². The highest BCUT2D eigenvalue weighted by Crippen LogP contribution is 2.14. The zero-order chi connectivity index (χ0) is 12.3. The Balaban J connectivity index is 2.20. The van der Waals surface area contributed by atoms with Gasteiger partial charge in [0.15, 0.2) is 0 Å². The highest BCUT2D eigenvalue weighted by Gasteiger charge is 2.08. The van der Waals surface area contributed by atoms with E-state index in [-0.39, 0.29) is 5.91 Å². The molecule has 0 aromatic carbocycles. The number of carbonyl (C=O) groups is 1. The molecule has 0 aliphatic rings. The van der Waals surface area contributed by atoms with Gasteiger partial charge in [-0.15, -0.1) is 0 Å². The zero-order valence-corrected chi connectivity index (χ0v) is 10.7. The van der Waals surface area contributed by atoms with Gasteiger partial charge in [-0.1, -0.05) is 0 Å². The summed E-state index contributed by atoms with van der Waals surface area (Å²) in [4.78, 5) is 20.0. The molecule has 2 aromatic heterocycles. The lowest BCUT2D eigenvalue weighted by atomic mass is 10.2. The molecule has 1 amide bonds. The standard InChI is InChI=1S/C12H10BrN3O/c1-8-11(3-2-4-15-8)16-12(17)9-5-10(13)7-14-6-9/h2-7H,1H3,(H,16,17). The first-order valence-electron chi connectivity index (χ1n) is 5.00. The Kier molecular flexibility index (Phi) is 3.49. The highest BCUT2D eigenvalue weighted by molar-refractivity contribution is 9.10. The number of carbonyl (C=O) groups excluding carboxylic acids is 1. The maximum absolute atomic E-state index is 11.9. The monoisotopic (exact) mass is 291 g/mol. The summed E-state index contributed by atoms with van der Waals surface area (Å²) in [6.45, 7) is 1.84. The van der Waals surface area contributed by atoms with Gasteiger partial charge in [0.2, 0.25) is 0 Å². The van der Waals surface area contributed by atoms with Crippen LogP contribution in [0.5, 0.6) is 0 Å². The van der Waals surface area contributed by atoms with E-state index in [0.717, 1.165) is 10.2 Å². The maximum atomic E-state index is 11.9. The maximum Gasteiger partial charge on any atom is 0.257 e. The number of halogens is 1. The summed E-state index contributed by atoms with van der Waals surface area (Å²) in [5, 5.41) is 2.79. The number of nitrogens with one attached hydrogen (secondary N) is 1. The Morgan fingerprint density at radius 2 is 2.24 bits per heavy atom. The predicted octanol–water partition coefficient (Wildman–Crippen LogP) is 2.80. The molecule has 0 bridgehead atoms. The molecule has 2 heterocycles. The summed E-state index contributed by atoms with van der Waals surface area (Å²) >= 11 is 3.28. The summed E-state index contributed by atoms with van der Waals surface area (Å²) in [7, 11) is 0. The van der Waals surface area contributed by atoms with E-state index in [9.17, 15) is 4.79 Å². The number of hydrogen-bond acceptors (Lipinski definition) is 3. The van der Waals surface area contributed by atoms with Crippen LogP contribution in [0.25, 0.3) is 0 Å². The van der Waals surface area contributed by atoms with Gasteiger partial charge in [-0.3, -0.25) is 14.8 Å². The van der Waals surface area contributed by atoms with Gasteiger partial charge < -0.3 is 5.32 Å². The predicted molar refractivity (Wildman–Crippen MR) is 68.9 cm³/mol. The van der Waals surface area contributed by atoms with Crippen LogP contribution in [0.3, 0.4) is 0 Å². The van der Waals surface area contributed by atoms with E-state index in [1.54, 1.807) is 24.5 Å². The number of aromatic nitrogens is 2. The molecule has 0 saturated heterocycles. The number of amides is 1. The number of anilines is 1. The van der Waals surface area contributed by atoms with E-state index in [1.807, 2.05) is 13.0 Å². The number of rotatable bonds is 2. The van der Waals surface area contributed by atoms with Crippen LogP contribution in [0.1, 0.15) is 16.1 Å². The first-order chi connectivity index (χ1) is 8.16. The molecule has 0 radical (unpaired) electrons. The Bertz CT molecular complexity index is 557. The molecule has 5 heteroatoms. The number of nitrogens with zero attached hydrogens (tertiary/aromatic N) is 2. The Labute approximate surface area is 107 Å². The molecule has 0 aliphatic carbocycles. The molecular formula is C12H10BrN3O. The number of aryl methyl sites for hydroxylation is 1. The first kappa shape index (κ1) is 11.7. The average Bonchev–Trinajstić information content (AvgIpc) is 2.32. The molecule has 0 spiro atoms. The summed E-state index contributed by atoms with van der Waals surface area (Å²) in [6.07, 6.45) is 4.84. The van der Waals surface area contributed by atoms with Gasteiger partial charge in [-0.2, -0.15) is 0 Å². The number of pyridine rings is 2. The molecule has 4 nitrogen and oxygen atoms in total. The molecule has 17 heavy (non-hydrogen) atoms. The van der Waals surface area contributed by atoms with Crippen LogP contribution in [0, 0.1) is 6.92 Å². The van der Waals surface area contributed by atoms with Gasteiger partial charge in [0, 0.05) is 23.1 Å². The van der Waals surface area contributed by atoms with Crippen LogP contribution in [-0.4, -0.2) is 15.9 Å². The summed E-state index contributed by atoms with van der Waals surface area (Å²) < 4.78 is 0.771. The van der Waals surface area contributed by atoms with E-state index >= 15 is 0 Å². The second-order valence-electron chi connectivity index (χ2n) is 3.48. The van der Waals surface area contributed by atoms with Crippen molar-refractivity contribution in [2.75, 3.05) is 5.32 Å². The second kappa shape index (κ2) is 5.05. The zero-order valence-electron chi connectivity index (χ0n) is 9.14. The molecule has 2 aromatic rings. The SMILES string of the molecule is Cc1ncccc1NC(=O)c1cncc(Br)c1. The van der Waals surface area contributed by atoms with Gasteiger partial charge >= 0.3 is 0 Å². The van der Waals surface area contributed by atoms with E-state index in [0.29, 0.717) is 11.3 Å². The van der Waals surface area contributed by atoms with Crippen molar-refractivity contribution in [3.8, 4) is 0 Å². The number of hydrogen-bond donors (Lipinski definition) is 1. The molecule has 1 N–H and O–H groups in total. The van der Waals surface area contributed by atoms with Crippen molar-refractivity contribution >= 4 is 27.5 Å². The lowest BCUT2D eigenvalue weighted by molar-refractivity contribution is 0.102. The minimum Gasteiger partial charge on any atom is -0.320 e. The first-order valence-corrected chi connectivity index (χ1v) is 5.79. The molecule has 2 rings (SSSR count). The molecule has 0 unspecified atom stereocenters. The van der Waals surface area contributed by atoms with Crippen molar-refractivity contribution in [3.05, 3.63) is 52.5 Å². The van der Waals surface area contributed by atoms with Gasteiger partial charge in [0.1, 0.15) is 0 Å². The van der Waals surface area contributed by atoms with Crippen molar-refractivity contribution in [2.24, 2.45) is 0 Å². The van der Waals surface area contributed by atoms with E-state index in [4.69, 9.17) is 0 Å². The minimum absolute atomic E-state index is 0.199. The van der Waals surface area contributed by atoms with Crippen molar-refractivity contribution in [1.82, 2.24) is 9.97 Å². The topological polar surface area (TPSA) is 54.9 Å². The average molecular weight is 292 g/mol. The largest absolute Gasteiger partial charge is 0.320 e. The molecule has 0 fully saturated rings. The van der Waals surface area contributed by atoms with Crippen LogP contribution in [0.2, 0.25) is 0 Å². The van der Waals surface area contributed by atoms with E-state index < -0.39 is 0 Å². The van der Waals surface area contributed by atoms with Crippen LogP contribution in [-0.2, 0) is 0 Å². The van der Waals surface area contributed by atoms with E-state index in [1.165, 1.54) is 6.20 Å². The van der Waals surface area contributed by atoms with Gasteiger partial charge in [-0.05, 0) is 41.1 Å². The van der Waals surface area contributed by atoms with Crippen LogP contribution >= 0.6 is 15.9 Å². The van der Waals surface area contributed by atoms with E-state index in [2.05, 4.69) is 31.2 Å². The van der Waals surface area contributed by atoms with Crippen LogP contribution < -0.4 is 5.32 Å². The highest BCUT2D eigenvalue weighted by atomic mass is 79.9. The second-order valence-corrected chi connectivity index (χ2v) is 4.40. The minimum atomic E-state index is -0.199. The summed E-state index contributed by atoms with van der Waals surface area (Å²) in [6, 6.07) is 5.31.